The molecule has 0 amide bonds. The van der Waals surface area contributed by atoms with Gasteiger partial charge in [-0.05, 0) is 18.2 Å². The van der Waals surface area contributed by atoms with E-state index in [4.69, 9.17) is 10.5 Å². The SMILES string of the molecule is Nc1ccccc1N=CC1OC(=O)c2ccccc21. The maximum atomic E-state index is 11.6. The number of carbonyl (C=O) groups excluding carboxylic acids is 1. The number of ether oxygens (including phenoxy) is 1. The van der Waals surface area contributed by atoms with Gasteiger partial charge < -0.3 is 10.5 Å². The van der Waals surface area contributed by atoms with Crippen LogP contribution in [0.1, 0.15) is 22.0 Å². The lowest BCUT2D eigenvalue weighted by atomic mass is 10.1. The molecule has 0 saturated heterocycles. The Bertz CT molecular complexity index is 665. The Morgan fingerprint density at radius 3 is 2.68 bits per heavy atom. The van der Waals surface area contributed by atoms with Crippen LogP contribution in [0.5, 0.6) is 0 Å². The lowest BCUT2D eigenvalue weighted by molar-refractivity contribution is 0.0500. The van der Waals surface area contributed by atoms with Crippen molar-refractivity contribution in [3.05, 3.63) is 59.7 Å². The van der Waals surface area contributed by atoms with E-state index in [-0.39, 0.29) is 5.97 Å². The lowest BCUT2D eigenvalue weighted by Gasteiger charge is -2.04. The average molecular weight is 252 g/mol. The molecule has 0 saturated carbocycles. The van der Waals surface area contributed by atoms with Crippen molar-refractivity contribution in [3.63, 3.8) is 0 Å². The predicted octanol–water partition coefficient (Wildman–Crippen LogP) is 2.88. The van der Waals surface area contributed by atoms with Gasteiger partial charge in [0.15, 0.2) is 6.10 Å². The summed E-state index contributed by atoms with van der Waals surface area (Å²) >= 11 is 0. The van der Waals surface area contributed by atoms with Crippen molar-refractivity contribution in [1.82, 2.24) is 0 Å². The van der Waals surface area contributed by atoms with E-state index in [9.17, 15) is 4.79 Å². The molecular formula is C15H12N2O2. The number of carbonyl (C=O) groups is 1. The van der Waals surface area contributed by atoms with Crippen molar-refractivity contribution in [2.75, 3.05) is 5.73 Å². The minimum absolute atomic E-state index is 0.312. The zero-order chi connectivity index (χ0) is 13.2. The maximum Gasteiger partial charge on any atom is 0.339 e. The molecule has 2 aromatic carbocycles. The van der Waals surface area contributed by atoms with Crippen molar-refractivity contribution in [3.8, 4) is 0 Å². The number of nitrogens with zero attached hydrogens (tertiary/aromatic N) is 1. The van der Waals surface area contributed by atoms with Gasteiger partial charge in [-0.2, -0.15) is 0 Å². The van der Waals surface area contributed by atoms with Crippen LogP contribution in [-0.2, 0) is 4.74 Å². The molecule has 3 rings (SSSR count). The number of hydrogen-bond donors (Lipinski definition) is 1. The molecule has 2 aromatic rings. The van der Waals surface area contributed by atoms with Crippen LogP contribution >= 0.6 is 0 Å². The van der Waals surface area contributed by atoms with Crippen molar-refractivity contribution in [2.24, 2.45) is 4.99 Å². The normalized spacial score (nSPS) is 17.5. The molecule has 1 unspecified atom stereocenters. The molecule has 4 heteroatoms. The Morgan fingerprint density at radius 1 is 1.11 bits per heavy atom. The summed E-state index contributed by atoms with van der Waals surface area (Å²) in [5.41, 5.74) is 8.50. The second-order valence-corrected chi connectivity index (χ2v) is 4.25. The van der Waals surface area contributed by atoms with Crippen LogP contribution in [0.2, 0.25) is 0 Å². The van der Waals surface area contributed by atoms with Gasteiger partial charge in [-0.25, -0.2) is 4.79 Å². The number of nitrogen functional groups attached to an aromatic ring is 1. The summed E-state index contributed by atoms with van der Waals surface area (Å²) < 4.78 is 5.26. The van der Waals surface area contributed by atoms with Crippen LogP contribution in [0, 0.1) is 0 Å². The molecule has 0 radical (unpaired) electrons. The van der Waals surface area contributed by atoms with Gasteiger partial charge >= 0.3 is 5.97 Å². The van der Waals surface area contributed by atoms with Gasteiger partial charge in [0.1, 0.15) is 0 Å². The number of aliphatic imine (C=N–C) groups is 1. The number of hydrogen-bond acceptors (Lipinski definition) is 4. The molecule has 0 aromatic heterocycles. The number of para-hydroxylation sites is 2. The first-order valence-electron chi connectivity index (χ1n) is 5.94. The van der Waals surface area contributed by atoms with Crippen LogP contribution in [0.4, 0.5) is 11.4 Å². The van der Waals surface area contributed by atoms with Crippen molar-refractivity contribution < 1.29 is 9.53 Å². The van der Waals surface area contributed by atoms with Crippen LogP contribution in [0.3, 0.4) is 0 Å². The number of benzene rings is 2. The molecule has 2 N–H and O–H groups in total. The molecule has 1 aliphatic rings. The Balaban J connectivity index is 1.90. The molecule has 0 aliphatic carbocycles. The summed E-state index contributed by atoms with van der Waals surface area (Å²) in [6, 6.07) is 14.6. The highest BCUT2D eigenvalue weighted by molar-refractivity contribution is 5.97. The molecule has 19 heavy (non-hydrogen) atoms. The summed E-state index contributed by atoms with van der Waals surface area (Å²) in [7, 11) is 0. The molecule has 1 heterocycles. The van der Waals surface area contributed by atoms with Gasteiger partial charge in [0, 0.05) is 5.56 Å². The fourth-order valence-corrected chi connectivity index (χ4v) is 2.04. The number of fused-ring (bicyclic) bond motifs is 1. The summed E-state index contributed by atoms with van der Waals surface area (Å²) in [4.78, 5) is 15.9. The molecule has 0 fully saturated rings. The van der Waals surface area contributed by atoms with Crippen molar-refractivity contribution >= 4 is 23.6 Å². The van der Waals surface area contributed by atoms with Gasteiger partial charge in [-0.3, -0.25) is 4.99 Å². The highest BCUT2D eigenvalue weighted by Gasteiger charge is 2.29. The molecule has 4 nitrogen and oxygen atoms in total. The molecule has 1 atom stereocenters. The van der Waals surface area contributed by atoms with Crippen LogP contribution in [-0.4, -0.2) is 12.2 Å². The van der Waals surface area contributed by atoms with Gasteiger partial charge in [0.2, 0.25) is 0 Å². The van der Waals surface area contributed by atoms with E-state index < -0.39 is 6.10 Å². The smallest absolute Gasteiger partial charge is 0.339 e. The monoisotopic (exact) mass is 252 g/mol. The van der Waals surface area contributed by atoms with Crippen molar-refractivity contribution in [2.45, 2.75) is 6.10 Å². The first-order chi connectivity index (χ1) is 9.25. The second kappa shape index (κ2) is 4.57. The standard InChI is InChI=1S/C15H12N2O2/c16-12-7-3-4-8-13(12)17-9-14-10-5-1-2-6-11(10)15(18)19-14/h1-9,14H,16H2. The maximum absolute atomic E-state index is 11.6. The third-order valence-electron chi connectivity index (χ3n) is 3.01. The highest BCUT2D eigenvalue weighted by atomic mass is 16.5. The molecule has 1 aliphatic heterocycles. The van der Waals surface area contributed by atoms with E-state index in [1.54, 1.807) is 18.3 Å². The Morgan fingerprint density at radius 2 is 1.84 bits per heavy atom. The summed E-state index contributed by atoms with van der Waals surface area (Å²) in [6.07, 6.45) is 1.17. The van der Waals surface area contributed by atoms with Gasteiger partial charge in [0.05, 0.1) is 23.2 Å². The number of anilines is 1. The summed E-state index contributed by atoms with van der Waals surface area (Å²) in [5.74, 6) is -0.312. The topological polar surface area (TPSA) is 64.7 Å². The second-order valence-electron chi connectivity index (χ2n) is 4.25. The lowest BCUT2D eigenvalue weighted by Crippen LogP contribution is -1.99. The summed E-state index contributed by atoms with van der Waals surface area (Å²) in [5, 5.41) is 0. The number of rotatable bonds is 2. The van der Waals surface area contributed by atoms with Crippen LogP contribution in [0.25, 0.3) is 0 Å². The van der Waals surface area contributed by atoms with E-state index in [2.05, 4.69) is 4.99 Å². The van der Waals surface area contributed by atoms with E-state index in [0.29, 0.717) is 16.9 Å². The third-order valence-corrected chi connectivity index (χ3v) is 3.01. The van der Waals surface area contributed by atoms with Crippen LogP contribution in [0.15, 0.2) is 53.5 Å². The number of cyclic esters (lactones) is 1. The quantitative estimate of drug-likeness (QED) is 0.507. The van der Waals surface area contributed by atoms with Gasteiger partial charge in [-0.15, -0.1) is 0 Å². The van der Waals surface area contributed by atoms with Crippen LogP contribution < -0.4 is 5.73 Å². The van der Waals surface area contributed by atoms with E-state index in [0.717, 1.165) is 5.56 Å². The Labute approximate surface area is 110 Å². The number of esters is 1. The molecule has 0 spiro atoms. The third kappa shape index (κ3) is 2.08. The molecular weight excluding hydrogens is 240 g/mol. The molecule has 0 bridgehead atoms. The zero-order valence-electron chi connectivity index (χ0n) is 10.1. The van der Waals surface area contributed by atoms with Gasteiger partial charge in [-0.1, -0.05) is 30.3 Å². The first-order valence-corrected chi connectivity index (χ1v) is 5.94. The van der Waals surface area contributed by atoms with E-state index >= 15 is 0 Å². The Kier molecular flexibility index (Phi) is 2.76. The highest BCUT2D eigenvalue weighted by Crippen LogP contribution is 2.30. The average Bonchev–Trinajstić information content (AvgIpc) is 2.75. The minimum atomic E-state index is -0.441. The number of nitrogens with two attached hydrogens (primary N) is 1. The predicted molar refractivity (Wildman–Crippen MR) is 73.6 cm³/mol. The van der Waals surface area contributed by atoms with E-state index in [1.165, 1.54) is 0 Å². The zero-order valence-corrected chi connectivity index (χ0v) is 10.1. The first kappa shape index (κ1) is 11.5. The largest absolute Gasteiger partial charge is 0.448 e. The van der Waals surface area contributed by atoms with Gasteiger partial charge in [0.25, 0.3) is 0 Å². The Hall–Kier alpha value is -2.62. The summed E-state index contributed by atoms with van der Waals surface area (Å²) in [6.45, 7) is 0. The van der Waals surface area contributed by atoms with Crippen molar-refractivity contribution in [1.29, 1.82) is 0 Å². The fourth-order valence-electron chi connectivity index (χ4n) is 2.04. The molecule has 94 valence electrons. The fraction of sp³-hybridized carbons (Fsp3) is 0.0667. The van der Waals surface area contributed by atoms with E-state index in [1.807, 2.05) is 36.4 Å². The minimum Gasteiger partial charge on any atom is -0.448 e.